The summed E-state index contributed by atoms with van der Waals surface area (Å²) < 4.78 is 11.4. The lowest BCUT2D eigenvalue weighted by Gasteiger charge is -2.36. The second-order valence-corrected chi connectivity index (χ2v) is 6.96. The number of benzene rings is 1. The van der Waals surface area contributed by atoms with Crippen LogP contribution in [0, 0.1) is 0 Å². The van der Waals surface area contributed by atoms with E-state index in [2.05, 4.69) is 9.88 Å². The van der Waals surface area contributed by atoms with E-state index in [9.17, 15) is 14.4 Å². The van der Waals surface area contributed by atoms with Crippen molar-refractivity contribution in [3.8, 4) is 5.75 Å². The van der Waals surface area contributed by atoms with Crippen molar-refractivity contribution in [2.45, 2.75) is 6.54 Å². The van der Waals surface area contributed by atoms with E-state index in [1.54, 1.807) is 24.1 Å². The summed E-state index contributed by atoms with van der Waals surface area (Å²) in [6.45, 7) is 2.20. The largest absolute Gasteiger partial charge is 0.497 e. The molecule has 9 nitrogen and oxygen atoms in total. The fourth-order valence-electron chi connectivity index (χ4n) is 3.50. The number of piperazine rings is 1. The third kappa shape index (κ3) is 3.86. The van der Waals surface area contributed by atoms with Crippen molar-refractivity contribution in [3.05, 3.63) is 81.0 Å². The van der Waals surface area contributed by atoms with Gasteiger partial charge in [-0.2, -0.15) is 0 Å². The fourth-order valence-corrected chi connectivity index (χ4v) is 3.50. The normalized spacial score (nSPS) is 14.0. The van der Waals surface area contributed by atoms with Gasteiger partial charge in [0.15, 0.2) is 0 Å². The predicted molar refractivity (Wildman–Crippen MR) is 110 cm³/mol. The quantitative estimate of drug-likeness (QED) is 0.677. The smallest absolute Gasteiger partial charge is 0.328 e. The molecule has 4 rings (SSSR count). The molecular weight excluding hydrogens is 388 g/mol. The van der Waals surface area contributed by atoms with Gasteiger partial charge in [0.2, 0.25) is 0 Å². The number of nitrogens with one attached hydrogen (secondary N) is 1. The molecule has 1 saturated heterocycles. The number of amides is 1. The Morgan fingerprint density at radius 1 is 1.10 bits per heavy atom. The molecule has 1 fully saturated rings. The van der Waals surface area contributed by atoms with Crippen molar-refractivity contribution >= 4 is 11.6 Å². The minimum Gasteiger partial charge on any atom is -0.497 e. The summed E-state index contributed by atoms with van der Waals surface area (Å²) in [5.74, 6) is 0.857. The van der Waals surface area contributed by atoms with Crippen LogP contribution in [-0.2, 0) is 6.54 Å². The number of aromatic amines is 1. The Morgan fingerprint density at radius 3 is 2.47 bits per heavy atom. The zero-order valence-electron chi connectivity index (χ0n) is 16.5. The molecule has 0 aliphatic carbocycles. The van der Waals surface area contributed by atoms with E-state index in [4.69, 9.17) is 9.15 Å². The molecule has 3 aromatic rings. The van der Waals surface area contributed by atoms with E-state index >= 15 is 0 Å². The van der Waals surface area contributed by atoms with Gasteiger partial charge in [-0.25, -0.2) is 4.79 Å². The number of rotatable bonds is 5. The monoisotopic (exact) mass is 410 g/mol. The van der Waals surface area contributed by atoms with Crippen molar-refractivity contribution in [1.29, 1.82) is 0 Å². The third-order valence-electron chi connectivity index (χ3n) is 5.19. The Balaban J connectivity index is 1.47. The average Bonchev–Trinajstić information content (AvgIpc) is 3.30. The Morgan fingerprint density at radius 2 is 1.83 bits per heavy atom. The number of nitrogens with zero attached hydrogens (tertiary/aromatic N) is 3. The van der Waals surface area contributed by atoms with Gasteiger partial charge in [-0.1, -0.05) is 0 Å². The van der Waals surface area contributed by atoms with Gasteiger partial charge in [-0.3, -0.25) is 14.2 Å². The molecular formula is C21H22N4O5. The van der Waals surface area contributed by atoms with E-state index in [1.165, 1.54) is 12.5 Å². The molecule has 156 valence electrons. The van der Waals surface area contributed by atoms with Gasteiger partial charge >= 0.3 is 5.69 Å². The number of carbonyl (C=O) groups is 1. The molecule has 30 heavy (non-hydrogen) atoms. The van der Waals surface area contributed by atoms with Crippen molar-refractivity contribution in [1.82, 2.24) is 14.5 Å². The fraction of sp³-hybridized carbons (Fsp3) is 0.286. The maximum absolute atomic E-state index is 12.9. The number of anilines is 1. The molecule has 1 N–H and O–H groups in total. The van der Waals surface area contributed by atoms with Gasteiger partial charge in [0, 0.05) is 38.1 Å². The highest BCUT2D eigenvalue weighted by molar-refractivity contribution is 5.93. The van der Waals surface area contributed by atoms with E-state index in [1.807, 2.05) is 24.3 Å². The van der Waals surface area contributed by atoms with E-state index in [0.29, 0.717) is 31.9 Å². The lowest BCUT2D eigenvalue weighted by Crippen LogP contribution is -2.50. The third-order valence-corrected chi connectivity index (χ3v) is 5.19. The molecule has 3 heterocycles. The standard InChI is InChI=1S/C21H22N4O5/c1-29-16-6-4-15(5-7-16)23-8-10-24(11-9-23)19(26)18-13-22-21(28)25(20(18)27)14-17-3-2-12-30-17/h2-7,12-13H,8-11,14H2,1H3,(H,22,28). The lowest BCUT2D eigenvalue weighted by molar-refractivity contribution is 0.0743. The van der Waals surface area contributed by atoms with Crippen molar-refractivity contribution in [2.75, 3.05) is 38.2 Å². The van der Waals surface area contributed by atoms with Gasteiger partial charge < -0.3 is 23.9 Å². The number of H-pyrrole nitrogens is 1. The summed E-state index contributed by atoms with van der Waals surface area (Å²) >= 11 is 0. The molecule has 0 unspecified atom stereocenters. The number of hydrogen-bond acceptors (Lipinski definition) is 6. The molecule has 1 aromatic carbocycles. The first-order valence-electron chi connectivity index (χ1n) is 9.60. The minimum absolute atomic E-state index is 0.0342. The van der Waals surface area contributed by atoms with E-state index in [-0.39, 0.29) is 18.0 Å². The van der Waals surface area contributed by atoms with Gasteiger partial charge in [0.1, 0.15) is 17.1 Å². The molecule has 0 radical (unpaired) electrons. The number of carbonyl (C=O) groups excluding carboxylic acids is 1. The van der Waals surface area contributed by atoms with Gasteiger partial charge in [-0.15, -0.1) is 0 Å². The van der Waals surface area contributed by atoms with Crippen molar-refractivity contribution in [3.63, 3.8) is 0 Å². The van der Waals surface area contributed by atoms with Gasteiger partial charge in [-0.05, 0) is 36.4 Å². The number of aromatic nitrogens is 2. The molecule has 1 aliphatic heterocycles. The van der Waals surface area contributed by atoms with Crippen molar-refractivity contribution < 1.29 is 13.9 Å². The second kappa shape index (κ2) is 8.32. The molecule has 0 atom stereocenters. The van der Waals surface area contributed by atoms with Gasteiger partial charge in [0.05, 0.1) is 19.9 Å². The summed E-state index contributed by atoms with van der Waals surface area (Å²) in [6.07, 6.45) is 2.66. The van der Waals surface area contributed by atoms with Gasteiger partial charge in [0.25, 0.3) is 11.5 Å². The Bertz CT molecular complexity index is 1120. The average molecular weight is 410 g/mol. The Hall–Kier alpha value is -3.75. The van der Waals surface area contributed by atoms with E-state index < -0.39 is 11.2 Å². The highest BCUT2D eigenvalue weighted by Gasteiger charge is 2.25. The minimum atomic E-state index is -0.627. The van der Waals surface area contributed by atoms with Crippen LogP contribution in [0.15, 0.2) is 62.9 Å². The molecule has 9 heteroatoms. The first-order chi connectivity index (χ1) is 14.6. The number of methoxy groups -OCH3 is 1. The highest BCUT2D eigenvalue weighted by atomic mass is 16.5. The van der Waals surface area contributed by atoms with Crippen LogP contribution < -0.4 is 20.9 Å². The first kappa shape index (κ1) is 19.6. The first-order valence-corrected chi connectivity index (χ1v) is 9.60. The molecule has 0 saturated carbocycles. The summed E-state index contributed by atoms with van der Waals surface area (Å²) in [6, 6.07) is 11.1. The summed E-state index contributed by atoms with van der Waals surface area (Å²) in [7, 11) is 1.62. The molecule has 0 bridgehead atoms. The number of furan rings is 1. The van der Waals surface area contributed by atoms with Crippen LogP contribution in [0.4, 0.5) is 5.69 Å². The van der Waals surface area contributed by atoms with Crippen molar-refractivity contribution in [2.24, 2.45) is 0 Å². The Kier molecular flexibility index (Phi) is 5.42. The zero-order chi connectivity index (χ0) is 21.1. The van der Waals surface area contributed by atoms with Crippen LogP contribution in [0.5, 0.6) is 5.75 Å². The second-order valence-electron chi connectivity index (χ2n) is 6.96. The highest BCUT2D eigenvalue weighted by Crippen LogP contribution is 2.20. The summed E-state index contributed by atoms with van der Waals surface area (Å²) in [4.78, 5) is 44.1. The zero-order valence-corrected chi connectivity index (χ0v) is 16.5. The SMILES string of the molecule is COc1ccc(N2CCN(C(=O)c3c[nH]c(=O)n(Cc4ccco4)c3=O)CC2)cc1. The predicted octanol–water partition coefficient (Wildman–Crippen LogP) is 1.15. The number of ether oxygens (including phenoxy) is 1. The molecule has 2 aromatic heterocycles. The van der Waals surface area contributed by atoms with Crippen LogP contribution in [0.2, 0.25) is 0 Å². The number of hydrogen-bond donors (Lipinski definition) is 1. The summed E-state index contributed by atoms with van der Waals surface area (Å²) in [5, 5.41) is 0. The summed E-state index contributed by atoms with van der Waals surface area (Å²) in [5.41, 5.74) is -0.221. The lowest BCUT2D eigenvalue weighted by atomic mass is 10.2. The topological polar surface area (TPSA) is 101 Å². The van der Waals surface area contributed by atoms with Crippen LogP contribution in [0.25, 0.3) is 0 Å². The van der Waals surface area contributed by atoms with Crippen LogP contribution in [-0.4, -0.2) is 53.6 Å². The van der Waals surface area contributed by atoms with Crippen LogP contribution in [0.1, 0.15) is 16.1 Å². The maximum atomic E-state index is 12.9. The van der Waals surface area contributed by atoms with Crippen LogP contribution >= 0.6 is 0 Å². The molecule has 1 amide bonds. The molecule has 1 aliphatic rings. The van der Waals surface area contributed by atoms with E-state index in [0.717, 1.165) is 16.0 Å². The molecule has 0 spiro atoms. The Labute approximate surface area is 172 Å². The maximum Gasteiger partial charge on any atom is 0.328 e. The van der Waals surface area contributed by atoms with Crippen LogP contribution in [0.3, 0.4) is 0 Å².